The fraction of sp³-hybridized carbons (Fsp3) is 0.920. The fourth-order valence-corrected chi connectivity index (χ4v) is 10.6. The summed E-state index contributed by atoms with van der Waals surface area (Å²) in [7, 11) is 0.380. The minimum atomic E-state index is -0.424. The van der Waals surface area contributed by atoms with Gasteiger partial charge in [0.15, 0.2) is 0 Å². The molecule has 0 spiro atoms. The van der Waals surface area contributed by atoms with Crippen molar-refractivity contribution in [3.05, 3.63) is 13.2 Å². The molecule has 0 aliphatic heterocycles. The van der Waals surface area contributed by atoms with Gasteiger partial charge in [0.2, 0.25) is 0 Å². The maximum Gasteiger partial charge on any atom is -0.0449 e. The Hall–Kier alpha value is 0.458. The number of hydrogen-bond acceptors (Lipinski definition) is 2. The van der Waals surface area contributed by atoms with Crippen LogP contribution in [0, 0.1) is 47.3 Å². The summed E-state index contributed by atoms with van der Waals surface area (Å²) >= 11 is -0.424. The van der Waals surface area contributed by atoms with Gasteiger partial charge in [-0.05, 0) is 20.0 Å². The molecule has 0 unspecified atom stereocenters. The monoisotopic (exact) mass is 500 g/mol. The van der Waals surface area contributed by atoms with E-state index in [1.54, 1.807) is 12.8 Å². The summed E-state index contributed by atoms with van der Waals surface area (Å²) in [4.78, 5) is 0. The molecule has 8 fully saturated rings. The fourth-order valence-electron chi connectivity index (χ4n) is 8.27. The van der Waals surface area contributed by atoms with E-state index in [4.69, 9.17) is 6.99 Å². The predicted molar refractivity (Wildman–Crippen MR) is 122 cm³/mol. The quantitative estimate of drug-likeness (QED) is 0.218. The Balaban J connectivity index is 0.000000309. The van der Waals surface area contributed by atoms with Crippen LogP contribution in [0.5, 0.6) is 0 Å². The van der Waals surface area contributed by atoms with E-state index in [2.05, 4.69) is 33.2 Å². The summed E-state index contributed by atoms with van der Waals surface area (Å²) in [5, 5.41) is 0. The minimum Gasteiger partial charge on any atom is -0.116 e. The van der Waals surface area contributed by atoms with Crippen molar-refractivity contribution in [1.29, 1.82) is 0 Å². The van der Waals surface area contributed by atoms with Crippen molar-refractivity contribution < 1.29 is 18.2 Å². The van der Waals surface area contributed by atoms with Crippen LogP contribution >= 0.6 is 7.92 Å². The van der Waals surface area contributed by atoms with Crippen molar-refractivity contribution in [2.24, 2.45) is 54.3 Å². The Labute approximate surface area is 189 Å². The molecule has 4 heteroatoms. The van der Waals surface area contributed by atoms with E-state index < -0.39 is 18.2 Å². The second-order valence-corrected chi connectivity index (χ2v) is 15.6. The van der Waals surface area contributed by atoms with Crippen LogP contribution in [0.4, 0.5) is 0 Å². The Bertz CT molecular complexity index is 522. The summed E-state index contributed by atoms with van der Waals surface area (Å²) in [5.41, 5.74) is 0. The van der Waals surface area contributed by atoms with Gasteiger partial charge in [-0.25, -0.2) is 0 Å². The Kier molecular flexibility index (Phi) is 7.76. The third-order valence-electron chi connectivity index (χ3n) is 8.69. The summed E-state index contributed by atoms with van der Waals surface area (Å²) in [6, 6.07) is 1.51. The van der Waals surface area contributed by atoms with Crippen molar-refractivity contribution in [3.8, 4) is 0 Å². The first-order chi connectivity index (χ1) is 14.0. The van der Waals surface area contributed by atoms with Crippen LogP contribution in [-0.2, 0) is 18.2 Å². The maximum absolute atomic E-state index is 5.34. The standard InChI is InChI=1S/2C10H15N.C3H9P.C2H4.Mo/c2*11-10-8-2-6-1-7(4-8)5-9(10)3-6;1-4(2)3;1-2;/h2*6-10H,1-5H2;1-3H3;1-2H2;. The average Bonchev–Trinajstić information content (AvgIpc) is 2.66. The first-order valence-electron chi connectivity index (χ1n) is 12.2. The summed E-state index contributed by atoms with van der Waals surface area (Å²) in [5.74, 6) is 8.26. The van der Waals surface area contributed by atoms with E-state index >= 15 is 0 Å². The van der Waals surface area contributed by atoms with E-state index in [0.717, 1.165) is 59.4 Å². The molecule has 8 saturated carbocycles. The number of rotatable bonds is 2. The van der Waals surface area contributed by atoms with Crippen LogP contribution in [0.3, 0.4) is 0 Å². The van der Waals surface area contributed by atoms with Crippen molar-refractivity contribution in [2.75, 3.05) is 20.0 Å². The van der Waals surface area contributed by atoms with E-state index in [0.29, 0.717) is 7.92 Å². The second-order valence-electron chi connectivity index (χ2n) is 11.5. The SMILES string of the molecule is C1C2CC3CC1CC(C2)C3[N]=[Mo]=[N]C1C2CC3CC(C2)CC1C3.C=C.CP(C)C. The first-order valence-corrected chi connectivity index (χ1v) is 16.7. The molecule has 0 aromatic heterocycles. The van der Waals surface area contributed by atoms with Crippen molar-refractivity contribution >= 4 is 7.92 Å². The molecule has 8 aliphatic carbocycles. The molecule has 0 aromatic rings. The van der Waals surface area contributed by atoms with Gasteiger partial charge in [0.25, 0.3) is 0 Å². The van der Waals surface area contributed by atoms with Gasteiger partial charge in [-0.2, -0.15) is 0 Å². The van der Waals surface area contributed by atoms with Crippen molar-refractivity contribution in [1.82, 2.24) is 0 Å². The van der Waals surface area contributed by atoms with Crippen molar-refractivity contribution in [2.45, 2.75) is 76.3 Å². The van der Waals surface area contributed by atoms with Crippen molar-refractivity contribution in [3.63, 3.8) is 0 Å². The molecule has 0 radical (unpaired) electrons. The van der Waals surface area contributed by atoms with Crippen LogP contribution in [0.2, 0.25) is 0 Å². The maximum atomic E-state index is 5.34. The van der Waals surface area contributed by atoms with Crippen LogP contribution in [0.25, 0.3) is 0 Å². The zero-order chi connectivity index (χ0) is 20.5. The topological polar surface area (TPSA) is 24.7 Å². The molecule has 8 bridgehead atoms. The summed E-state index contributed by atoms with van der Waals surface area (Å²) in [6.45, 7) is 12.7. The van der Waals surface area contributed by atoms with Crippen LogP contribution in [0.1, 0.15) is 64.2 Å². The van der Waals surface area contributed by atoms with E-state index in [1.807, 2.05) is 0 Å². The van der Waals surface area contributed by atoms with E-state index in [-0.39, 0.29) is 0 Å². The molecule has 0 atom stereocenters. The third-order valence-corrected chi connectivity index (χ3v) is 10.4. The van der Waals surface area contributed by atoms with Gasteiger partial charge >= 0.3 is 149 Å². The molecule has 164 valence electrons. The Morgan fingerprint density at radius 3 is 1.03 bits per heavy atom. The first kappa shape index (κ1) is 22.6. The molecular weight excluding hydrogens is 455 g/mol. The number of hydrogen-bond donors (Lipinski definition) is 0. The van der Waals surface area contributed by atoms with E-state index in [9.17, 15) is 0 Å². The van der Waals surface area contributed by atoms with Gasteiger partial charge in [0, 0.05) is 0 Å². The average molecular weight is 499 g/mol. The van der Waals surface area contributed by atoms with Gasteiger partial charge in [-0.3, -0.25) is 0 Å². The zero-order valence-electron chi connectivity index (χ0n) is 19.0. The molecule has 0 saturated heterocycles. The van der Waals surface area contributed by atoms with Gasteiger partial charge < -0.3 is 0 Å². The summed E-state index contributed by atoms with van der Waals surface area (Å²) in [6.07, 6.45) is 15.3. The van der Waals surface area contributed by atoms with Crippen LogP contribution in [0.15, 0.2) is 20.1 Å². The molecule has 8 rings (SSSR count). The van der Waals surface area contributed by atoms with Gasteiger partial charge in [-0.1, -0.05) is 0 Å². The molecule has 0 heterocycles. The molecule has 2 nitrogen and oxygen atoms in total. The smallest absolute Gasteiger partial charge is 0.0449 e. The minimum absolute atomic E-state index is 0.380. The van der Waals surface area contributed by atoms with Crippen LogP contribution < -0.4 is 0 Å². The number of nitrogens with zero attached hydrogens (tertiary/aromatic N) is 2. The van der Waals surface area contributed by atoms with Gasteiger partial charge in [0.1, 0.15) is 0 Å². The van der Waals surface area contributed by atoms with Gasteiger partial charge in [-0.15, -0.1) is 21.1 Å². The third kappa shape index (κ3) is 5.11. The summed E-state index contributed by atoms with van der Waals surface area (Å²) < 4.78 is 10.7. The normalized spacial score (nSPS) is 47.7. The van der Waals surface area contributed by atoms with Gasteiger partial charge in [0.05, 0.1) is 0 Å². The molecule has 0 N–H and O–H groups in total. The molecule has 8 aliphatic rings. The largest absolute Gasteiger partial charge is 0.116 e. The zero-order valence-corrected chi connectivity index (χ0v) is 21.9. The van der Waals surface area contributed by atoms with Crippen LogP contribution in [-0.4, -0.2) is 32.1 Å². The molecule has 0 aromatic carbocycles. The second kappa shape index (κ2) is 9.94. The Morgan fingerprint density at radius 1 is 0.552 bits per heavy atom. The Morgan fingerprint density at radius 2 is 0.793 bits per heavy atom. The molecule has 0 amide bonds. The molecular formula is C25H43MoN2P. The molecule has 29 heavy (non-hydrogen) atoms. The van der Waals surface area contributed by atoms with E-state index in [1.165, 1.54) is 51.4 Å². The predicted octanol–water partition coefficient (Wildman–Crippen LogP) is 7.25.